The van der Waals surface area contributed by atoms with E-state index in [1.54, 1.807) is 26.4 Å². The van der Waals surface area contributed by atoms with Gasteiger partial charge in [-0.1, -0.05) is 29.8 Å². The summed E-state index contributed by atoms with van der Waals surface area (Å²) in [7, 11) is 3.10. The Morgan fingerprint density at radius 2 is 1.96 bits per heavy atom. The molecular formula is C18H19ClN2O3. The lowest BCUT2D eigenvalue weighted by molar-refractivity contribution is -0.116. The van der Waals surface area contributed by atoms with Gasteiger partial charge in [0.05, 0.1) is 31.5 Å². The third-order valence-corrected chi connectivity index (χ3v) is 4.39. The normalized spacial score (nSPS) is 12.7. The summed E-state index contributed by atoms with van der Waals surface area (Å²) in [6, 6.07) is 11.4. The van der Waals surface area contributed by atoms with Crippen molar-refractivity contribution in [2.75, 3.05) is 37.5 Å². The van der Waals surface area contributed by atoms with Crippen LogP contribution >= 0.6 is 11.6 Å². The van der Waals surface area contributed by atoms with Gasteiger partial charge < -0.3 is 19.7 Å². The molecule has 1 N–H and O–H groups in total. The highest BCUT2D eigenvalue weighted by molar-refractivity contribution is 6.32. The van der Waals surface area contributed by atoms with Crippen molar-refractivity contribution in [2.24, 2.45) is 0 Å². The Kier molecular flexibility index (Phi) is 4.81. The monoisotopic (exact) mass is 346 g/mol. The smallest absolute Gasteiger partial charge is 0.246 e. The summed E-state index contributed by atoms with van der Waals surface area (Å²) in [5.74, 6) is 1.10. The number of para-hydroxylation sites is 1. The highest BCUT2D eigenvalue weighted by Gasteiger charge is 2.24. The van der Waals surface area contributed by atoms with Crippen LogP contribution < -0.4 is 19.7 Å². The molecule has 1 heterocycles. The van der Waals surface area contributed by atoms with E-state index in [0.717, 1.165) is 12.1 Å². The summed E-state index contributed by atoms with van der Waals surface area (Å²) in [5.41, 5.74) is 2.86. The van der Waals surface area contributed by atoms with E-state index in [2.05, 4.69) is 11.4 Å². The predicted octanol–water partition coefficient (Wildman–Crippen LogP) is 3.36. The Balaban J connectivity index is 1.73. The van der Waals surface area contributed by atoms with Crippen LogP contribution in [0.1, 0.15) is 5.56 Å². The molecule has 24 heavy (non-hydrogen) atoms. The van der Waals surface area contributed by atoms with Crippen LogP contribution in [0.15, 0.2) is 36.4 Å². The summed E-state index contributed by atoms with van der Waals surface area (Å²) in [6.07, 6.45) is 0.889. The third-order valence-electron chi connectivity index (χ3n) is 4.09. The first-order valence-corrected chi connectivity index (χ1v) is 8.05. The predicted molar refractivity (Wildman–Crippen MR) is 95.5 cm³/mol. The van der Waals surface area contributed by atoms with Crippen molar-refractivity contribution >= 4 is 28.9 Å². The van der Waals surface area contributed by atoms with Crippen LogP contribution in [-0.4, -0.2) is 33.2 Å². The fourth-order valence-electron chi connectivity index (χ4n) is 2.86. The number of benzene rings is 2. The topological polar surface area (TPSA) is 50.8 Å². The second kappa shape index (κ2) is 7.01. The Hall–Kier alpha value is -2.40. The third kappa shape index (κ3) is 3.12. The molecule has 3 rings (SSSR count). The molecule has 1 amide bonds. The number of hydrogen-bond acceptors (Lipinski definition) is 4. The largest absolute Gasteiger partial charge is 0.495 e. The number of halogens is 1. The number of amides is 1. The van der Waals surface area contributed by atoms with Gasteiger partial charge in [-0.2, -0.15) is 0 Å². The number of anilines is 2. The van der Waals surface area contributed by atoms with E-state index in [0.29, 0.717) is 28.8 Å². The Labute approximate surface area is 146 Å². The van der Waals surface area contributed by atoms with Crippen LogP contribution in [-0.2, 0) is 11.2 Å². The molecule has 0 bridgehead atoms. The molecule has 0 fully saturated rings. The average molecular weight is 347 g/mol. The number of fused-ring (bicyclic) bond motifs is 1. The number of methoxy groups -OCH3 is 2. The van der Waals surface area contributed by atoms with Gasteiger partial charge in [0.15, 0.2) is 0 Å². The molecule has 2 aromatic rings. The molecule has 0 aliphatic carbocycles. The van der Waals surface area contributed by atoms with Gasteiger partial charge in [0.25, 0.3) is 0 Å². The zero-order valence-corrected chi connectivity index (χ0v) is 14.4. The fraction of sp³-hybridized carbons (Fsp3) is 0.278. The minimum Gasteiger partial charge on any atom is -0.495 e. The van der Waals surface area contributed by atoms with Crippen molar-refractivity contribution in [3.63, 3.8) is 0 Å². The second-order valence-corrected chi connectivity index (χ2v) is 5.87. The maximum absolute atomic E-state index is 12.6. The Morgan fingerprint density at radius 1 is 1.21 bits per heavy atom. The zero-order chi connectivity index (χ0) is 17.1. The average Bonchev–Trinajstić information content (AvgIpc) is 3.04. The summed E-state index contributed by atoms with van der Waals surface area (Å²) < 4.78 is 10.5. The van der Waals surface area contributed by atoms with Crippen LogP contribution in [0.5, 0.6) is 11.5 Å². The van der Waals surface area contributed by atoms with E-state index >= 15 is 0 Å². The van der Waals surface area contributed by atoms with Gasteiger partial charge >= 0.3 is 0 Å². The van der Waals surface area contributed by atoms with Crippen molar-refractivity contribution in [3.05, 3.63) is 47.0 Å². The molecule has 126 valence electrons. The highest BCUT2D eigenvalue weighted by atomic mass is 35.5. The van der Waals surface area contributed by atoms with Crippen LogP contribution in [0.3, 0.4) is 0 Å². The Morgan fingerprint density at radius 3 is 2.71 bits per heavy atom. The molecule has 0 spiro atoms. The number of carbonyl (C=O) groups excluding carboxylic acids is 1. The quantitative estimate of drug-likeness (QED) is 0.902. The molecule has 1 aliphatic rings. The van der Waals surface area contributed by atoms with Gasteiger partial charge in [-0.05, 0) is 18.1 Å². The summed E-state index contributed by atoms with van der Waals surface area (Å²) in [5, 5.41) is 3.58. The van der Waals surface area contributed by atoms with Gasteiger partial charge in [0.2, 0.25) is 5.91 Å². The maximum Gasteiger partial charge on any atom is 0.246 e. The maximum atomic E-state index is 12.6. The van der Waals surface area contributed by atoms with E-state index in [9.17, 15) is 4.79 Å². The standard InChI is InChI=1S/C18H19ClN2O3/c1-23-16-10-14(17(24-2)9-13(16)19)20-11-18(22)21-8-7-12-5-3-4-6-15(12)21/h3-6,9-10,20H,7-8,11H2,1-2H3. The van der Waals surface area contributed by atoms with Gasteiger partial charge in [0.1, 0.15) is 11.5 Å². The Bertz CT molecular complexity index is 764. The van der Waals surface area contributed by atoms with Gasteiger partial charge in [0, 0.05) is 24.4 Å². The molecule has 0 saturated heterocycles. The zero-order valence-electron chi connectivity index (χ0n) is 13.6. The molecule has 0 radical (unpaired) electrons. The number of hydrogen-bond donors (Lipinski definition) is 1. The van der Waals surface area contributed by atoms with E-state index < -0.39 is 0 Å². The lowest BCUT2D eigenvalue weighted by atomic mass is 10.2. The van der Waals surface area contributed by atoms with Crippen molar-refractivity contribution in [3.8, 4) is 11.5 Å². The van der Waals surface area contributed by atoms with Crippen LogP contribution in [0.4, 0.5) is 11.4 Å². The molecule has 5 nitrogen and oxygen atoms in total. The molecule has 1 aliphatic heterocycles. The van der Waals surface area contributed by atoms with E-state index in [-0.39, 0.29) is 12.5 Å². The molecule has 0 aromatic heterocycles. The van der Waals surface area contributed by atoms with Crippen molar-refractivity contribution in [1.29, 1.82) is 0 Å². The molecule has 2 aromatic carbocycles. The lowest BCUT2D eigenvalue weighted by Gasteiger charge is -2.19. The van der Waals surface area contributed by atoms with Crippen molar-refractivity contribution < 1.29 is 14.3 Å². The number of nitrogens with one attached hydrogen (secondary N) is 1. The fourth-order valence-corrected chi connectivity index (χ4v) is 3.09. The summed E-state index contributed by atoms with van der Waals surface area (Å²) in [6.45, 7) is 0.871. The molecule has 0 saturated carbocycles. The van der Waals surface area contributed by atoms with Crippen molar-refractivity contribution in [2.45, 2.75) is 6.42 Å². The summed E-state index contributed by atoms with van der Waals surface area (Å²) >= 11 is 6.09. The number of ether oxygens (including phenoxy) is 2. The van der Waals surface area contributed by atoms with Crippen LogP contribution in [0, 0.1) is 0 Å². The lowest BCUT2D eigenvalue weighted by Crippen LogP contribution is -2.34. The first-order chi connectivity index (χ1) is 11.6. The number of carbonyl (C=O) groups is 1. The van der Waals surface area contributed by atoms with E-state index in [1.165, 1.54) is 5.56 Å². The first kappa shape index (κ1) is 16.5. The van der Waals surface area contributed by atoms with Crippen LogP contribution in [0.2, 0.25) is 5.02 Å². The highest BCUT2D eigenvalue weighted by Crippen LogP contribution is 2.36. The SMILES string of the molecule is COc1cc(NCC(=O)N2CCc3ccccc32)c(OC)cc1Cl. The second-order valence-electron chi connectivity index (χ2n) is 5.46. The number of nitrogens with zero attached hydrogens (tertiary/aromatic N) is 1. The van der Waals surface area contributed by atoms with E-state index in [1.807, 2.05) is 23.1 Å². The van der Waals surface area contributed by atoms with Gasteiger partial charge in [-0.25, -0.2) is 0 Å². The summed E-state index contributed by atoms with van der Waals surface area (Å²) in [4.78, 5) is 14.4. The van der Waals surface area contributed by atoms with E-state index in [4.69, 9.17) is 21.1 Å². The number of rotatable bonds is 5. The molecule has 6 heteroatoms. The minimum atomic E-state index is 0.0101. The molecule has 0 atom stereocenters. The molecule has 0 unspecified atom stereocenters. The first-order valence-electron chi connectivity index (χ1n) is 7.67. The molecular weight excluding hydrogens is 328 g/mol. The van der Waals surface area contributed by atoms with Gasteiger partial charge in [-0.3, -0.25) is 4.79 Å². The van der Waals surface area contributed by atoms with Crippen molar-refractivity contribution in [1.82, 2.24) is 0 Å². The minimum absolute atomic E-state index is 0.0101. The van der Waals surface area contributed by atoms with Crippen LogP contribution in [0.25, 0.3) is 0 Å². The van der Waals surface area contributed by atoms with Gasteiger partial charge in [-0.15, -0.1) is 0 Å².